The summed E-state index contributed by atoms with van der Waals surface area (Å²) < 4.78 is 5.37. The number of ether oxygens (including phenoxy) is 1. The Hall–Kier alpha value is -4.61. The largest absolute Gasteiger partial charge is 0.496 e. The molecule has 166 valence electrons. The minimum Gasteiger partial charge on any atom is -0.496 e. The fourth-order valence-corrected chi connectivity index (χ4v) is 3.32. The second kappa shape index (κ2) is 11.7. The van der Waals surface area contributed by atoms with E-state index in [1.54, 1.807) is 36.4 Å². The van der Waals surface area contributed by atoms with Gasteiger partial charge in [0.05, 0.1) is 24.1 Å². The number of hydrogen-bond acceptors (Lipinski definition) is 7. The molecule has 33 heavy (non-hydrogen) atoms. The van der Waals surface area contributed by atoms with Crippen molar-refractivity contribution in [2.45, 2.75) is 20.8 Å². The van der Waals surface area contributed by atoms with Crippen LogP contribution in [0.4, 0.5) is 17.1 Å². The molecule has 1 amide bonds. The molecule has 0 bridgehead atoms. The number of nitrogens with zero attached hydrogens (tertiary/aromatic N) is 5. The van der Waals surface area contributed by atoms with Gasteiger partial charge in [0, 0.05) is 31.3 Å². The maximum Gasteiger partial charge on any atom is 0.221 e. The van der Waals surface area contributed by atoms with Crippen LogP contribution in [0.1, 0.15) is 26.3 Å². The fourth-order valence-electron chi connectivity index (χ4n) is 3.32. The molecule has 0 saturated carbocycles. The van der Waals surface area contributed by atoms with E-state index in [1.807, 2.05) is 38.1 Å². The number of methoxy groups -OCH3 is 1. The summed E-state index contributed by atoms with van der Waals surface area (Å²) in [5.74, 6) is 0.0919. The Morgan fingerprint density at radius 1 is 1.06 bits per heavy atom. The third-order valence-electron chi connectivity index (χ3n) is 4.84. The summed E-state index contributed by atoms with van der Waals surface area (Å²) in [6, 6.07) is 17.8. The molecule has 0 heterocycles. The molecule has 2 aromatic rings. The van der Waals surface area contributed by atoms with Gasteiger partial charge in [-0.05, 0) is 38.1 Å². The fraction of sp³-hybridized carbons (Fsp3) is 0.240. The molecule has 2 aromatic carbocycles. The van der Waals surface area contributed by atoms with E-state index in [-0.39, 0.29) is 22.8 Å². The Kier molecular flexibility index (Phi) is 8.74. The molecule has 8 heteroatoms. The molecule has 2 rings (SSSR count). The summed E-state index contributed by atoms with van der Waals surface area (Å²) >= 11 is 0. The van der Waals surface area contributed by atoms with Crippen molar-refractivity contribution < 1.29 is 9.53 Å². The maximum atomic E-state index is 11.8. The summed E-state index contributed by atoms with van der Waals surface area (Å²) in [6.07, 6.45) is 0. The van der Waals surface area contributed by atoms with Crippen molar-refractivity contribution in [3.8, 4) is 24.0 Å². The minimum atomic E-state index is -0.295. The average Bonchev–Trinajstić information content (AvgIpc) is 2.83. The van der Waals surface area contributed by atoms with Crippen molar-refractivity contribution >= 4 is 34.3 Å². The first-order chi connectivity index (χ1) is 15.9. The van der Waals surface area contributed by atoms with Crippen molar-refractivity contribution in [3.05, 3.63) is 53.6 Å². The van der Waals surface area contributed by atoms with Crippen LogP contribution in [0, 0.1) is 34.0 Å². The molecule has 0 atom stereocenters. The van der Waals surface area contributed by atoms with E-state index in [1.165, 1.54) is 14.0 Å². The van der Waals surface area contributed by atoms with Gasteiger partial charge in [0.2, 0.25) is 5.91 Å². The number of hydrogen-bond donors (Lipinski definition) is 1. The normalized spacial score (nSPS) is 10.3. The first kappa shape index (κ1) is 24.7. The number of anilines is 2. The Bertz CT molecular complexity index is 1200. The van der Waals surface area contributed by atoms with Crippen LogP contribution in [0.3, 0.4) is 0 Å². The van der Waals surface area contributed by atoms with Crippen molar-refractivity contribution in [3.63, 3.8) is 0 Å². The van der Waals surface area contributed by atoms with Gasteiger partial charge in [-0.3, -0.25) is 4.79 Å². The molecule has 8 nitrogen and oxygen atoms in total. The third kappa shape index (κ3) is 5.76. The van der Waals surface area contributed by atoms with E-state index in [0.29, 0.717) is 22.7 Å². The van der Waals surface area contributed by atoms with Crippen LogP contribution in [0.15, 0.2) is 53.0 Å². The quantitative estimate of drug-likeness (QED) is 0.472. The first-order valence-electron chi connectivity index (χ1n) is 10.3. The van der Waals surface area contributed by atoms with E-state index in [4.69, 9.17) is 4.74 Å². The topological polar surface area (TPSA) is 125 Å². The van der Waals surface area contributed by atoms with Crippen molar-refractivity contribution in [2.24, 2.45) is 4.99 Å². The zero-order valence-electron chi connectivity index (χ0n) is 19.0. The van der Waals surface area contributed by atoms with Gasteiger partial charge < -0.3 is 15.0 Å². The van der Waals surface area contributed by atoms with Gasteiger partial charge in [-0.1, -0.05) is 18.2 Å². The number of nitrogens with one attached hydrogen (secondary N) is 1. The zero-order valence-corrected chi connectivity index (χ0v) is 19.0. The highest BCUT2D eigenvalue weighted by atomic mass is 16.5. The van der Waals surface area contributed by atoms with Crippen LogP contribution >= 0.6 is 0 Å². The zero-order chi connectivity index (χ0) is 24.4. The summed E-state index contributed by atoms with van der Waals surface area (Å²) in [6.45, 7) is 6.98. The second-order valence-electron chi connectivity index (χ2n) is 6.80. The van der Waals surface area contributed by atoms with Gasteiger partial charge in [-0.15, -0.1) is 0 Å². The highest BCUT2D eigenvalue weighted by molar-refractivity contribution is 6.34. The Morgan fingerprint density at radius 2 is 1.73 bits per heavy atom. The van der Waals surface area contributed by atoms with E-state index in [2.05, 4.69) is 15.2 Å². The molecular weight excluding hydrogens is 416 g/mol. The van der Waals surface area contributed by atoms with Crippen LogP contribution < -0.4 is 15.0 Å². The van der Waals surface area contributed by atoms with Crippen molar-refractivity contribution in [2.75, 3.05) is 30.4 Å². The van der Waals surface area contributed by atoms with Gasteiger partial charge >= 0.3 is 0 Å². The van der Waals surface area contributed by atoms with Gasteiger partial charge in [0.25, 0.3) is 0 Å². The smallest absolute Gasteiger partial charge is 0.221 e. The molecule has 0 fully saturated rings. The number of allylic oxidation sites excluding steroid dienone is 2. The number of nitriles is 3. The van der Waals surface area contributed by atoms with Crippen LogP contribution in [0.2, 0.25) is 0 Å². The lowest BCUT2D eigenvalue weighted by Gasteiger charge is -2.22. The van der Waals surface area contributed by atoms with Crippen LogP contribution in [0.5, 0.6) is 5.75 Å². The SMILES string of the molecule is CCN(CC)c1ccc(/N=C(\C#N)C(=C(C#N)C#N)c2ccccc2OC)c(NC(C)=O)c1. The third-order valence-corrected chi connectivity index (χ3v) is 4.84. The Morgan fingerprint density at radius 3 is 2.27 bits per heavy atom. The minimum absolute atomic E-state index is 0.0570. The van der Waals surface area contributed by atoms with Crippen LogP contribution in [-0.2, 0) is 4.79 Å². The summed E-state index contributed by atoms with van der Waals surface area (Å²) in [4.78, 5) is 18.4. The summed E-state index contributed by atoms with van der Waals surface area (Å²) in [7, 11) is 1.46. The lowest BCUT2D eigenvalue weighted by Crippen LogP contribution is -2.22. The first-order valence-corrected chi connectivity index (χ1v) is 10.3. The molecule has 0 aliphatic rings. The highest BCUT2D eigenvalue weighted by Crippen LogP contribution is 2.34. The van der Waals surface area contributed by atoms with Crippen LogP contribution in [-0.4, -0.2) is 31.8 Å². The Labute approximate surface area is 193 Å². The lowest BCUT2D eigenvalue weighted by molar-refractivity contribution is -0.114. The second-order valence-corrected chi connectivity index (χ2v) is 6.80. The molecule has 0 aliphatic carbocycles. The summed E-state index contributed by atoms with van der Waals surface area (Å²) in [5, 5.41) is 31.8. The number of benzene rings is 2. The molecule has 0 saturated heterocycles. The monoisotopic (exact) mass is 440 g/mol. The van der Waals surface area contributed by atoms with Crippen molar-refractivity contribution in [1.29, 1.82) is 15.8 Å². The van der Waals surface area contributed by atoms with Gasteiger partial charge in [-0.2, -0.15) is 15.8 Å². The number of para-hydroxylation sites is 1. The average molecular weight is 441 g/mol. The van der Waals surface area contributed by atoms with E-state index in [9.17, 15) is 20.6 Å². The van der Waals surface area contributed by atoms with E-state index in [0.717, 1.165) is 18.8 Å². The van der Waals surface area contributed by atoms with Gasteiger partial charge in [0.1, 0.15) is 29.5 Å². The molecule has 0 radical (unpaired) electrons. The van der Waals surface area contributed by atoms with Gasteiger partial charge in [0.15, 0.2) is 5.71 Å². The van der Waals surface area contributed by atoms with E-state index >= 15 is 0 Å². The molecule has 0 aliphatic heterocycles. The van der Waals surface area contributed by atoms with Gasteiger partial charge in [-0.25, -0.2) is 4.99 Å². The molecule has 0 aromatic heterocycles. The maximum absolute atomic E-state index is 11.8. The van der Waals surface area contributed by atoms with E-state index < -0.39 is 0 Å². The predicted octanol–water partition coefficient (Wildman–Crippen LogP) is 4.60. The predicted molar refractivity (Wildman–Crippen MR) is 128 cm³/mol. The van der Waals surface area contributed by atoms with Crippen LogP contribution in [0.25, 0.3) is 5.57 Å². The molecule has 1 N–H and O–H groups in total. The lowest BCUT2D eigenvalue weighted by atomic mass is 9.95. The number of amides is 1. The molecular formula is C25H24N6O2. The molecule has 0 spiro atoms. The van der Waals surface area contributed by atoms with Crippen molar-refractivity contribution in [1.82, 2.24) is 0 Å². The standard InChI is InChI=1S/C25H24N6O2/c1-5-31(6-2)19-11-12-21(22(13-19)29-17(3)32)30-23(16-28)25(18(14-26)15-27)20-9-7-8-10-24(20)33-4/h7-13H,5-6H2,1-4H3,(H,29,32)/b30-23+. The Balaban J connectivity index is 2.79. The summed E-state index contributed by atoms with van der Waals surface area (Å²) in [5.41, 5.74) is 1.63. The highest BCUT2D eigenvalue weighted by Gasteiger charge is 2.21. The number of rotatable bonds is 8. The number of carbonyl (C=O) groups is 1. The number of aliphatic imine (C=N–C) groups is 1. The number of carbonyl (C=O) groups excluding carboxylic acids is 1. The molecule has 0 unspecified atom stereocenters.